The minimum atomic E-state index is -0.101. The number of aryl methyl sites for hydroxylation is 1. The summed E-state index contributed by atoms with van der Waals surface area (Å²) in [4.78, 5) is 8.46. The lowest BCUT2D eigenvalue weighted by atomic mass is 9.81. The maximum Gasteiger partial charge on any atom is 0.222 e. The van der Waals surface area contributed by atoms with E-state index in [1.165, 1.54) is 11.1 Å². The van der Waals surface area contributed by atoms with E-state index in [0.717, 1.165) is 42.7 Å². The van der Waals surface area contributed by atoms with E-state index in [9.17, 15) is 0 Å². The summed E-state index contributed by atoms with van der Waals surface area (Å²) in [6.07, 6.45) is 3.80. The van der Waals surface area contributed by atoms with Gasteiger partial charge in [-0.25, -0.2) is 4.98 Å². The molecular formula is C18H22N4O. The van der Waals surface area contributed by atoms with Gasteiger partial charge in [0, 0.05) is 12.0 Å². The Morgan fingerprint density at radius 2 is 2.04 bits per heavy atom. The fraction of sp³-hybridized carbons (Fsp3) is 0.444. The highest BCUT2D eigenvalue weighted by Gasteiger charge is 2.31. The lowest BCUT2D eigenvalue weighted by Crippen LogP contribution is -2.24. The van der Waals surface area contributed by atoms with Crippen molar-refractivity contribution in [3.8, 4) is 5.75 Å². The van der Waals surface area contributed by atoms with Gasteiger partial charge in [0.25, 0.3) is 0 Å². The number of benzene rings is 1. The van der Waals surface area contributed by atoms with Crippen LogP contribution in [0, 0.1) is 0 Å². The molecule has 0 saturated heterocycles. The SMILES string of the molecule is CC1(C)Cc2cc(C3CCc4nc(N)nc(N)c4C3)ccc2O1. The van der Waals surface area contributed by atoms with Crippen LogP contribution in [-0.2, 0) is 19.3 Å². The molecule has 0 bridgehead atoms. The Kier molecular flexibility index (Phi) is 3.01. The molecule has 1 aromatic carbocycles. The molecule has 5 nitrogen and oxygen atoms in total. The average Bonchev–Trinajstić information content (AvgIpc) is 2.79. The number of rotatable bonds is 1. The number of hydrogen-bond donors (Lipinski definition) is 2. The van der Waals surface area contributed by atoms with Gasteiger partial charge in [0.2, 0.25) is 5.95 Å². The van der Waals surface area contributed by atoms with Crippen molar-refractivity contribution in [2.75, 3.05) is 11.5 Å². The Balaban J connectivity index is 1.64. The number of nitrogens with zero attached hydrogens (tertiary/aromatic N) is 2. The summed E-state index contributed by atoms with van der Waals surface area (Å²) in [5.74, 6) is 2.27. The minimum Gasteiger partial charge on any atom is -0.487 e. The number of fused-ring (bicyclic) bond motifs is 2. The predicted octanol–water partition coefficient (Wildman–Crippen LogP) is 2.63. The molecule has 0 spiro atoms. The molecule has 23 heavy (non-hydrogen) atoms. The number of aromatic nitrogens is 2. The lowest BCUT2D eigenvalue weighted by Gasteiger charge is -2.25. The molecule has 120 valence electrons. The maximum absolute atomic E-state index is 6.06. The molecular weight excluding hydrogens is 288 g/mol. The Labute approximate surface area is 136 Å². The van der Waals surface area contributed by atoms with Crippen LogP contribution in [0.3, 0.4) is 0 Å². The smallest absolute Gasteiger partial charge is 0.222 e. The third-order valence-electron chi connectivity index (χ3n) is 4.88. The third kappa shape index (κ3) is 2.50. The van der Waals surface area contributed by atoms with Gasteiger partial charge in [0.05, 0.1) is 5.69 Å². The summed E-state index contributed by atoms with van der Waals surface area (Å²) in [7, 11) is 0. The Hall–Kier alpha value is -2.30. The molecule has 2 aliphatic rings. The summed E-state index contributed by atoms with van der Waals surface area (Å²) in [5.41, 5.74) is 16.4. The molecule has 5 heteroatoms. The van der Waals surface area contributed by atoms with E-state index in [4.69, 9.17) is 16.2 Å². The zero-order chi connectivity index (χ0) is 16.2. The van der Waals surface area contributed by atoms with Crippen molar-refractivity contribution in [3.05, 3.63) is 40.6 Å². The normalized spacial score (nSPS) is 21.4. The van der Waals surface area contributed by atoms with Gasteiger partial charge in [-0.05, 0) is 56.2 Å². The van der Waals surface area contributed by atoms with Crippen molar-refractivity contribution in [1.82, 2.24) is 9.97 Å². The first-order valence-electron chi connectivity index (χ1n) is 8.14. The van der Waals surface area contributed by atoms with Crippen molar-refractivity contribution in [1.29, 1.82) is 0 Å². The van der Waals surface area contributed by atoms with Gasteiger partial charge in [-0.1, -0.05) is 12.1 Å². The van der Waals surface area contributed by atoms with E-state index in [1.807, 2.05) is 0 Å². The number of nitrogens with two attached hydrogens (primary N) is 2. The van der Waals surface area contributed by atoms with Crippen LogP contribution in [-0.4, -0.2) is 15.6 Å². The molecule has 0 fully saturated rings. The quantitative estimate of drug-likeness (QED) is 0.845. The zero-order valence-corrected chi connectivity index (χ0v) is 13.6. The Morgan fingerprint density at radius 3 is 2.87 bits per heavy atom. The van der Waals surface area contributed by atoms with Gasteiger partial charge < -0.3 is 16.2 Å². The highest BCUT2D eigenvalue weighted by atomic mass is 16.5. The van der Waals surface area contributed by atoms with Crippen molar-refractivity contribution in [2.45, 2.75) is 51.0 Å². The number of hydrogen-bond acceptors (Lipinski definition) is 5. The van der Waals surface area contributed by atoms with Crippen LogP contribution in [0.25, 0.3) is 0 Å². The van der Waals surface area contributed by atoms with Crippen LogP contribution in [0.5, 0.6) is 5.75 Å². The van der Waals surface area contributed by atoms with Crippen molar-refractivity contribution < 1.29 is 4.74 Å². The molecule has 1 atom stereocenters. The monoisotopic (exact) mass is 310 g/mol. The van der Waals surface area contributed by atoms with Gasteiger partial charge in [-0.3, -0.25) is 0 Å². The Morgan fingerprint density at radius 1 is 1.22 bits per heavy atom. The van der Waals surface area contributed by atoms with Crippen LogP contribution in [0.1, 0.15) is 48.6 Å². The molecule has 0 radical (unpaired) electrons. The molecule has 1 aliphatic heterocycles. The third-order valence-corrected chi connectivity index (χ3v) is 4.88. The van der Waals surface area contributed by atoms with Gasteiger partial charge >= 0.3 is 0 Å². The molecule has 2 aromatic rings. The molecule has 4 N–H and O–H groups in total. The summed E-state index contributed by atoms with van der Waals surface area (Å²) >= 11 is 0. The fourth-order valence-electron chi connectivity index (χ4n) is 3.83. The molecule has 1 unspecified atom stereocenters. The lowest BCUT2D eigenvalue weighted by molar-refractivity contribution is 0.138. The topological polar surface area (TPSA) is 87.0 Å². The van der Waals surface area contributed by atoms with Crippen molar-refractivity contribution in [3.63, 3.8) is 0 Å². The van der Waals surface area contributed by atoms with Crippen molar-refractivity contribution >= 4 is 11.8 Å². The van der Waals surface area contributed by atoms with Crippen LogP contribution < -0.4 is 16.2 Å². The maximum atomic E-state index is 6.06. The first-order chi connectivity index (χ1) is 10.9. The van der Waals surface area contributed by atoms with E-state index < -0.39 is 0 Å². The summed E-state index contributed by atoms with van der Waals surface area (Å²) in [6.45, 7) is 4.26. The summed E-state index contributed by atoms with van der Waals surface area (Å²) in [6, 6.07) is 6.59. The van der Waals surface area contributed by atoms with E-state index in [-0.39, 0.29) is 11.5 Å². The van der Waals surface area contributed by atoms with E-state index in [2.05, 4.69) is 42.0 Å². The van der Waals surface area contributed by atoms with E-state index in [0.29, 0.717) is 11.7 Å². The molecule has 1 aromatic heterocycles. The van der Waals surface area contributed by atoms with Gasteiger partial charge in [-0.15, -0.1) is 0 Å². The largest absolute Gasteiger partial charge is 0.487 e. The van der Waals surface area contributed by atoms with Crippen molar-refractivity contribution in [2.24, 2.45) is 0 Å². The number of nitrogen functional groups attached to an aromatic ring is 2. The molecule has 2 heterocycles. The first-order valence-corrected chi connectivity index (χ1v) is 8.14. The van der Waals surface area contributed by atoms with Crippen LogP contribution >= 0.6 is 0 Å². The van der Waals surface area contributed by atoms with E-state index >= 15 is 0 Å². The highest BCUT2D eigenvalue weighted by molar-refractivity contribution is 5.49. The predicted molar refractivity (Wildman–Crippen MR) is 90.5 cm³/mol. The first kappa shape index (κ1) is 14.3. The average molecular weight is 310 g/mol. The molecule has 4 rings (SSSR count). The molecule has 0 amide bonds. The van der Waals surface area contributed by atoms with E-state index in [1.54, 1.807) is 0 Å². The second kappa shape index (κ2) is 4.85. The second-order valence-corrected chi connectivity index (χ2v) is 7.24. The standard InChI is InChI=1S/C18H22N4O/c1-18(2)9-12-7-10(4-6-15(12)23-18)11-3-5-14-13(8-11)16(19)22-17(20)21-14/h4,6-7,11H,3,5,8-9H2,1-2H3,(H4,19,20,21,22). The zero-order valence-electron chi connectivity index (χ0n) is 13.6. The Bertz CT molecular complexity index is 785. The summed E-state index contributed by atoms with van der Waals surface area (Å²) in [5, 5.41) is 0. The number of anilines is 2. The molecule has 0 saturated carbocycles. The van der Waals surface area contributed by atoms with Crippen LogP contribution in [0.2, 0.25) is 0 Å². The fourth-order valence-corrected chi connectivity index (χ4v) is 3.83. The minimum absolute atomic E-state index is 0.101. The van der Waals surface area contributed by atoms with Gasteiger partial charge in [0.15, 0.2) is 0 Å². The van der Waals surface area contributed by atoms with Crippen LogP contribution in [0.4, 0.5) is 11.8 Å². The van der Waals surface area contributed by atoms with Crippen LogP contribution in [0.15, 0.2) is 18.2 Å². The second-order valence-electron chi connectivity index (χ2n) is 7.24. The number of ether oxygens (including phenoxy) is 1. The van der Waals surface area contributed by atoms with Gasteiger partial charge in [-0.2, -0.15) is 4.98 Å². The van der Waals surface area contributed by atoms with Gasteiger partial charge in [0.1, 0.15) is 17.2 Å². The summed E-state index contributed by atoms with van der Waals surface area (Å²) < 4.78 is 5.97. The molecule has 1 aliphatic carbocycles. The highest BCUT2D eigenvalue weighted by Crippen LogP contribution is 2.39.